The molecule has 0 amide bonds. The van der Waals surface area contributed by atoms with E-state index in [1.54, 1.807) is 18.2 Å². The molecule has 1 rings (SSSR count). The van der Waals surface area contributed by atoms with E-state index in [1.807, 2.05) is 6.07 Å². The molecule has 0 aliphatic rings. The third-order valence-electron chi connectivity index (χ3n) is 3.91. The number of esters is 1. The van der Waals surface area contributed by atoms with Gasteiger partial charge in [-0.3, -0.25) is 0 Å². The van der Waals surface area contributed by atoms with Crippen LogP contribution in [0.25, 0.3) is 0 Å². The summed E-state index contributed by atoms with van der Waals surface area (Å²) in [5.74, 6) is -0.311. The van der Waals surface area contributed by atoms with Crippen molar-refractivity contribution in [2.24, 2.45) is 0 Å². The van der Waals surface area contributed by atoms with Gasteiger partial charge in [0.05, 0.1) is 12.2 Å². The van der Waals surface area contributed by atoms with Crippen LogP contribution in [0.1, 0.15) is 81.5 Å². The van der Waals surface area contributed by atoms with Crippen LogP contribution in [0.3, 0.4) is 0 Å². The number of carbonyl (C=O) groups excluding carboxylic acids is 1. The molecule has 0 spiro atoms. The molecule has 0 saturated heterocycles. The molecule has 126 valence electrons. The summed E-state index contributed by atoms with van der Waals surface area (Å²) in [4.78, 5) is 11.8. The third kappa shape index (κ3) is 10.8. The minimum atomic E-state index is -0.311. The van der Waals surface area contributed by atoms with E-state index in [4.69, 9.17) is 10.5 Å². The van der Waals surface area contributed by atoms with Crippen LogP contribution in [0.2, 0.25) is 0 Å². The van der Waals surface area contributed by atoms with Gasteiger partial charge in [-0.1, -0.05) is 76.8 Å². The Bertz CT molecular complexity index is 424. The number of nitrogens with two attached hydrogens (primary N) is 1. The van der Waals surface area contributed by atoms with Crippen molar-refractivity contribution in [2.75, 3.05) is 12.3 Å². The van der Waals surface area contributed by atoms with Gasteiger partial charge in [-0.15, -0.1) is 0 Å². The molecule has 0 aliphatic carbocycles. The zero-order valence-electron chi connectivity index (χ0n) is 14.0. The molecule has 1 aromatic rings. The van der Waals surface area contributed by atoms with Crippen molar-refractivity contribution in [3.8, 4) is 0 Å². The molecule has 0 fully saturated rings. The molecule has 0 radical (unpaired) electrons. The number of carbonyl (C=O) groups is 1. The second kappa shape index (κ2) is 15.0. The summed E-state index contributed by atoms with van der Waals surface area (Å²) in [6.45, 7) is 2.74. The number of benzene rings is 1. The summed E-state index contributed by atoms with van der Waals surface area (Å²) in [5, 5.41) is 0. The van der Waals surface area contributed by atoms with E-state index in [1.165, 1.54) is 51.4 Å². The molecule has 0 bridgehead atoms. The number of ether oxygens (including phenoxy) is 1. The molecule has 4 heteroatoms. The van der Waals surface area contributed by atoms with Crippen LogP contribution in [-0.2, 0) is 4.74 Å². The molecule has 1 aromatic carbocycles. The van der Waals surface area contributed by atoms with Gasteiger partial charge in [0.25, 0.3) is 0 Å². The summed E-state index contributed by atoms with van der Waals surface area (Å²) in [7, 11) is 0. The summed E-state index contributed by atoms with van der Waals surface area (Å²) in [6.07, 6.45) is 12.8. The first kappa shape index (κ1) is 22.5. The maximum absolute atomic E-state index is 11.8. The van der Waals surface area contributed by atoms with Crippen LogP contribution in [0.5, 0.6) is 0 Å². The van der Waals surface area contributed by atoms with Crippen molar-refractivity contribution < 1.29 is 9.53 Å². The first-order chi connectivity index (χ1) is 10.8. The number of anilines is 1. The number of rotatable bonds is 12. The first-order valence-corrected chi connectivity index (χ1v) is 8.77. The fraction of sp³-hybridized carbons (Fsp3) is 0.632. The van der Waals surface area contributed by atoms with Crippen LogP contribution in [-0.4, -0.2) is 42.1 Å². The van der Waals surface area contributed by atoms with Gasteiger partial charge in [-0.05, 0) is 18.6 Å². The first-order valence-electron chi connectivity index (χ1n) is 8.77. The molecule has 2 N–H and O–H groups in total. The van der Waals surface area contributed by atoms with E-state index in [9.17, 15) is 4.79 Å². The monoisotopic (exact) mass is 329 g/mol. The molecule has 23 heavy (non-hydrogen) atoms. The molecule has 3 nitrogen and oxygen atoms in total. The van der Waals surface area contributed by atoms with Crippen LogP contribution in [0, 0.1) is 0 Å². The molecule has 0 heterocycles. The van der Waals surface area contributed by atoms with Gasteiger partial charge in [0.2, 0.25) is 0 Å². The van der Waals surface area contributed by atoms with E-state index >= 15 is 0 Å². The zero-order chi connectivity index (χ0) is 16.0. The average molecular weight is 329 g/mol. The van der Waals surface area contributed by atoms with E-state index in [-0.39, 0.29) is 35.5 Å². The standard InChI is InChI=1S/C19H31NO2.Na.H/c1-2-3-4-5-6-7-8-9-10-13-16-22-19(21)17-14-11-12-15-18(17)20;;/h11-12,14-15H,2-10,13,16,20H2,1H3;;. The second-order valence-corrected chi connectivity index (χ2v) is 5.91. The van der Waals surface area contributed by atoms with Crippen molar-refractivity contribution in [1.82, 2.24) is 0 Å². The Balaban J connectivity index is 0.00000484. The fourth-order valence-corrected chi connectivity index (χ4v) is 2.52. The van der Waals surface area contributed by atoms with Gasteiger partial charge in [0.1, 0.15) is 0 Å². The van der Waals surface area contributed by atoms with Crippen molar-refractivity contribution in [3.05, 3.63) is 29.8 Å². The predicted octanol–water partition coefficient (Wildman–Crippen LogP) is 4.70. The SMILES string of the molecule is CCCCCCCCCCCCOC(=O)c1ccccc1N.[NaH]. The normalized spacial score (nSPS) is 10.1. The Labute approximate surface area is 163 Å². The van der Waals surface area contributed by atoms with Gasteiger partial charge >= 0.3 is 35.5 Å². The molecular formula is C19H32NNaO2. The van der Waals surface area contributed by atoms with Crippen molar-refractivity contribution in [1.29, 1.82) is 0 Å². The fourth-order valence-electron chi connectivity index (χ4n) is 2.52. The van der Waals surface area contributed by atoms with Crippen LogP contribution in [0.4, 0.5) is 5.69 Å². The summed E-state index contributed by atoms with van der Waals surface area (Å²) < 4.78 is 5.26. The molecule has 0 atom stereocenters. The van der Waals surface area contributed by atoms with Crippen LogP contribution >= 0.6 is 0 Å². The molecular weight excluding hydrogens is 297 g/mol. The summed E-state index contributed by atoms with van der Waals surface area (Å²) >= 11 is 0. The Morgan fingerprint density at radius 1 is 0.913 bits per heavy atom. The zero-order valence-corrected chi connectivity index (χ0v) is 14.0. The van der Waals surface area contributed by atoms with E-state index < -0.39 is 0 Å². The van der Waals surface area contributed by atoms with E-state index in [2.05, 4.69) is 6.92 Å². The molecule has 0 saturated carbocycles. The Kier molecular flexibility index (Phi) is 14.7. The van der Waals surface area contributed by atoms with Crippen molar-refractivity contribution in [3.63, 3.8) is 0 Å². The van der Waals surface area contributed by atoms with Crippen LogP contribution in [0.15, 0.2) is 24.3 Å². The number of unbranched alkanes of at least 4 members (excludes halogenated alkanes) is 9. The predicted molar refractivity (Wildman–Crippen MR) is 100 cm³/mol. The second-order valence-electron chi connectivity index (χ2n) is 5.91. The summed E-state index contributed by atoms with van der Waals surface area (Å²) in [6, 6.07) is 7.04. The van der Waals surface area contributed by atoms with E-state index in [0.717, 1.165) is 12.8 Å². The van der Waals surface area contributed by atoms with Gasteiger partial charge in [-0.2, -0.15) is 0 Å². The van der Waals surface area contributed by atoms with Crippen LogP contribution < -0.4 is 5.73 Å². The average Bonchev–Trinajstić information content (AvgIpc) is 2.53. The molecule has 0 aromatic heterocycles. The Hall–Kier alpha value is -0.510. The minimum absolute atomic E-state index is 0. The molecule has 0 aliphatic heterocycles. The van der Waals surface area contributed by atoms with Gasteiger partial charge in [0.15, 0.2) is 0 Å². The number of nitrogen functional groups attached to an aromatic ring is 1. The van der Waals surface area contributed by atoms with Gasteiger partial charge in [0, 0.05) is 5.69 Å². The summed E-state index contributed by atoms with van der Waals surface area (Å²) in [5.41, 5.74) is 6.70. The van der Waals surface area contributed by atoms with E-state index in [0.29, 0.717) is 17.9 Å². The Morgan fingerprint density at radius 2 is 1.43 bits per heavy atom. The quantitative estimate of drug-likeness (QED) is 0.262. The van der Waals surface area contributed by atoms with Gasteiger partial charge in [-0.25, -0.2) is 4.79 Å². The van der Waals surface area contributed by atoms with Gasteiger partial charge < -0.3 is 10.5 Å². The molecule has 0 unspecified atom stereocenters. The number of hydrogen-bond donors (Lipinski definition) is 1. The van der Waals surface area contributed by atoms with Crippen molar-refractivity contribution in [2.45, 2.75) is 71.1 Å². The number of hydrogen-bond acceptors (Lipinski definition) is 3. The van der Waals surface area contributed by atoms with Crippen molar-refractivity contribution >= 4 is 41.2 Å². The number of para-hydroxylation sites is 1. The topological polar surface area (TPSA) is 52.3 Å². The third-order valence-corrected chi connectivity index (χ3v) is 3.91. The maximum atomic E-state index is 11.8. The Morgan fingerprint density at radius 3 is 2.00 bits per heavy atom.